The van der Waals surface area contributed by atoms with Crippen molar-refractivity contribution in [1.82, 2.24) is 15.0 Å². The Morgan fingerprint density at radius 2 is 2.14 bits per heavy atom. The van der Waals surface area contributed by atoms with Crippen LogP contribution in [-0.2, 0) is 16.0 Å². The summed E-state index contributed by atoms with van der Waals surface area (Å²) in [6.45, 7) is 2.93. The van der Waals surface area contributed by atoms with E-state index in [1.54, 1.807) is 12.1 Å². The Labute approximate surface area is 126 Å². The highest BCUT2D eigenvalue weighted by Gasteiger charge is 2.34. The fourth-order valence-electron chi connectivity index (χ4n) is 1.70. The van der Waals surface area contributed by atoms with Gasteiger partial charge in [-0.1, -0.05) is 5.16 Å². The van der Waals surface area contributed by atoms with Gasteiger partial charge in [-0.05, 0) is 26.0 Å². The number of aryl methyl sites for hydroxylation is 1. The number of carboxylic acids is 1. The van der Waals surface area contributed by atoms with Crippen LogP contribution >= 0.6 is 0 Å². The van der Waals surface area contributed by atoms with Crippen LogP contribution in [0.5, 0.6) is 0 Å². The highest BCUT2D eigenvalue weighted by Crippen LogP contribution is 2.17. The van der Waals surface area contributed by atoms with Crippen molar-refractivity contribution < 1.29 is 23.6 Å². The highest BCUT2D eigenvalue weighted by atomic mass is 16.5. The molecule has 0 aliphatic rings. The summed E-state index contributed by atoms with van der Waals surface area (Å²) in [6.07, 6.45) is 1.80. The molecule has 2 rings (SSSR count). The largest absolute Gasteiger partial charge is 0.480 e. The molecule has 2 aromatic rings. The summed E-state index contributed by atoms with van der Waals surface area (Å²) in [5, 5.41) is 12.9. The number of rotatable bonds is 6. The summed E-state index contributed by atoms with van der Waals surface area (Å²) >= 11 is 0. The van der Waals surface area contributed by atoms with Crippen LogP contribution in [0.1, 0.15) is 26.2 Å². The van der Waals surface area contributed by atoms with Gasteiger partial charge in [0, 0.05) is 19.9 Å². The number of hydrogen-bond donors (Lipinski definition) is 1. The average molecular weight is 307 g/mol. The van der Waals surface area contributed by atoms with Gasteiger partial charge in [-0.3, -0.25) is 4.79 Å². The zero-order valence-corrected chi connectivity index (χ0v) is 12.6. The van der Waals surface area contributed by atoms with Gasteiger partial charge < -0.3 is 18.9 Å². The van der Waals surface area contributed by atoms with Gasteiger partial charge in [-0.15, -0.1) is 0 Å². The number of nitrogens with zero attached hydrogens (tertiary/aromatic N) is 3. The first kappa shape index (κ1) is 15.7. The summed E-state index contributed by atoms with van der Waals surface area (Å²) in [5.74, 6) is -0.301. The lowest BCUT2D eigenvalue weighted by Crippen LogP contribution is -2.50. The molecule has 2 heterocycles. The van der Waals surface area contributed by atoms with Gasteiger partial charge >= 0.3 is 5.97 Å². The first-order valence-electron chi connectivity index (χ1n) is 6.69. The number of likely N-dealkylation sites (N-methyl/N-ethyl adjacent to an activating group) is 1. The van der Waals surface area contributed by atoms with Crippen LogP contribution in [0.4, 0.5) is 0 Å². The summed E-state index contributed by atoms with van der Waals surface area (Å²) < 4.78 is 10.2. The summed E-state index contributed by atoms with van der Waals surface area (Å²) in [4.78, 5) is 28.5. The number of carbonyl (C=O) groups excluding carboxylic acids is 1. The SMILES string of the molecule is CN(C(=O)CCc1nc(-c2ccco2)no1)C(C)(C)C(=O)O. The van der Waals surface area contributed by atoms with E-state index in [1.807, 2.05) is 0 Å². The van der Waals surface area contributed by atoms with Crippen LogP contribution in [0.25, 0.3) is 11.6 Å². The molecule has 8 heteroatoms. The molecule has 0 aliphatic heterocycles. The second kappa shape index (κ2) is 6.00. The molecule has 0 atom stereocenters. The molecular formula is C14H17N3O5. The van der Waals surface area contributed by atoms with Crippen molar-refractivity contribution in [2.24, 2.45) is 0 Å². The standard InChI is InChI=1S/C14H17N3O5/c1-14(2,13(19)20)17(3)11(18)7-6-10-15-12(16-22-10)9-5-4-8-21-9/h4-5,8H,6-7H2,1-3H3,(H,19,20). The molecule has 0 bridgehead atoms. The molecule has 0 fully saturated rings. The van der Waals surface area contributed by atoms with Crippen LogP contribution in [0.2, 0.25) is 0 Å². The van der Waals surface area contributed by atoms with Gasteiger partial charge in [0.2, 0.25) is 17.6 Å². The molecule has 1 N–H and O–H groups in total. The fourth-order valence-corrected chi connectivity index (χ4v) is 1.70. The summed E-state index contributed by atoms with van der Waals surface area (Å²) in [5.41, 5.74) is -1.27. The van der Waals surface area contributed by atoms with E-state index in [0.29, 0.717) is 17.5 Å². The molecule has 0 saturated carbocycles. The molecule has 0 unspecified atom stereocenters. The third-order valence-corrected chi connectivity index (χ3v) is 3.50. The lowest BCUT2D eigenvalue weighted by atomic mass is 10.0. The van der Waals surface area contributed by atoms with Gasteiger partial charge in [-0.2, -0.15) is 4.98 Å². The van der Waals surface area contributed by atoms with E-state index in [0.717, 1.165) is 0 Å². The number of carbonyl (C=O) groups is 2. The highest BCUT2D eigenvalue weighted by molar-refractivity contribution is 5.86. The van der Waals surface area contributed by atoms with Gasteiger partial charge in [0.15, 0.2) is 5.76 Å². The van der Waals surface area contributed by atoms with E-state index >= 15 is 0 Å². The maximum Gasteiger partial charge on any atom is 0.329 e. The Bertz CT molecular complexity index is 660. The van der Waals surface area contributed by atoms with Crippen molar-refractivity contribution in [3.8, 4) is 11.6 Å². The third kappa shape index (κ3) is 3.16. The minimum atomic E-state index is -1.27. The number of amides is 1. The first-order valence-corrected chi connectivity index (χ1v) is 6.69. The maximum atomic E-state index is 12.1. The van der Waals surface area contributed by atoms with Crippen molar-refractivity contribution >= 4 is 11.9 Å². The molecule has 0 aliphatic carbocycles. The predicted molar refractivity (Wildman–Crippen MR) is 74.8 cm³/mol. The monoisotopic (exact) mass is 307 g/mol. The van der Waals surface area contributed by atoms with Crippen molar-refractivity contribution in [3.05, 3.63) is 24.3 Å². The molecule has 0 radical (unpaired) electrons. The third-order valence-electron chi connectivity index (χ3n) is 3.50. The second-order valence-corrected chi connectivity index (χ2v) is 5.31. The van der Waals surface area contributed by atoms with E-state index in [9.17, 15) is 9.59 Å². The minimum absolute atomic E-state index is 0.0764. The van der Waals surface area contributed by atoms with Crippen LogP contribution in [0.15, 0.2) is 27.3 Å². The Balaban J connectivity index is 1.96. The molecule has 0 spiro atoms. The first-order chi connectivity index (χ1) is 10.3. The summed E-state index contributed by atoms with van der Waals surface area (Å²) in [7, 11) is 1.46. The van der Waals surface area contributed by atoms with Crippen LogP contribution in [-0.4, -0.2) is 44.6 Å². The fraction of sp³-hybridized carbons (Fsp3) is 0.429. The number of carboxylic acid groups (broad SMARTS) is 1. The zero-order chi connectivity index (χ0) is 16.3. The van der Waals surface area contributed by atoms with E-state index in [2.05, 4.69) is 10.1 Å². The zero-order valence-electron chi connectivity index (χ0n) is 12.6. The number of furan rings is 1. The quantitative estimate of drug-likeness (QED) is 0.862. The van der Waals surface area contributed by atoms with Crippen molar-refractivity contribution in [1.29, 1.82) is 0 Å². The predicted octanol–water partition coefficient (Wildman–Crippen LogP) is 1.58. The Morgan fingerprint density at radius 1 is 1.41 bits per heavy atom. The lowest BCUT2D eigenvalue weighted by molar-refractivity contribution is -0.155. The van der Waals surface area contributed by atoms with Crippen molar-refractivity contribution in [3.63, 3.8) is 0 Å². The minimum Gasteiger partial charge on any atom is -0.480 e. The van der Waals surface area contributed by atoms with Crippen molar-refractivity contribution in [2.75, 3.05) is 7.05 Å². The topological polar surface area (TPSA) is 110 Å². The Morgan fingerprint density at radius 3 is 2.73 bits per heavy atom. The molecule has 2 aromatic heterocycles. The van der Waals surface area contributed by atoms with Gasteiger partial charge in [0.1, 0.15) is 5.54 Å². The second-order valence-electron chi connectivity index (χ2n) is 5.31. The van der Waals surface area contributed by atoms with Crippen molar-refractivity contribution in [2.45, 2.75) is 32.2 Å². The van der Waals surface area contributed by atoms with Gasteiger partial charge in [0.25, 0.3) is 0 Å². The molecule has 118 valence electrons. The Hall–Kier alpha value is -2.64. The lowest BCUT2D eigenvalue weighted by Gasteiger charge is -2.31. The number of hydrogen-bond acceptors (Lipinski definition) is 6. The molecule has 1 amide bonds. The summed E-state index contributed by atoms with van der Waals surface area (Å²) in [6, 6.07) is 3.40. The molecule has 8 nitrogen and oxygen atoms in total. The molecular weight excluding hydrogens is 290 g/mol. The normalized spacial score (nSPS) is 11.4. The van der Waals surface area contributed by atoms with Gasteiger partial charge in [0.05, 0.1) is 6.26 Å². The molecule has 0 aromatic carbocycles. The van der Waals surface area contributed by atoms with E-state index < -0.39 is 11.5 Å². The maximum absolute atomic E-state index is 12.1. The smallest absolute Gasteiger partial charge is 0.329 e. The average Bonchev–Trinajstić information content (AvgIpc) is 3.14. The number of aromatic nitrogens is 2. The Kier molecular flexibility index (Phi) is 4.30. The van der Waals surface area contributed by atoms with Gasteiger partial charge in [-0.25, -0.2) is 4.79 Å². The molecule has 0 saturated heterocycles. The van der Waals surface area contributed by atoms with Crippen LogP contribution < -0.4 is 0 Å². The van der Waals surface area contributed by atoms with E-state index in [-0.39, 0.29) is 18.7 Å². The molecule has 22 heavy (non-hydrogen) atoms. The van der Waals surface area contributed by atoms with E-state index in [1.165, 1.54) is 32.1 Å². The van der Waals surface area contributed by atoms with Crippen LogP contribution in [0.3, 0.4) is 0 Å². The van der Waals surface area contributed by atoms with Crippen LogP contribution in [0, 0.1) is 0 Å². The van der Waals surface area contributed by atoms with E-state index in [4.69, 9.17) is 14.0 Å². The number of aliphatic carboxylic acids is 1.